The number of carbonyl (C=O) groups is 1. The van der Waals surface area contributed by atoms with E-state index in [1.807, 2.05) is 20.8 Å². The Kier molecular flexibility index (Phi) is 8.71. The molecule has 0 unspecified atom stereocenters. The molecule has 0 bridgehead atoms. The molecule has 1 atom stereocenters. The molecule has 36 heavy (non-hydrogen) atoms. The van der Waals surface area contributed by atoms with Crippen LogP contribution in [0.5, 0.6) is 0 Å². The first kappa shape index (κ1) is 27.6. The third-order valence-electron chi connectivity index (χ3n) is 6.05. The molecule has 0 radical (unpaired) electrons. The number of ether oxygens (including phenoxy) is 1. The van der Waals surface area contributed by atoms with Gasteiger partial charge in [0.2, 0.25) is 5.43 Å². The van der Waals surface area contributed by atoms with Gasteiger partial charge in [0.25, 0.3) is 0 Å². The molecule has 3 rings (SSSR count). The van der Waals surface area contributed by atoms with Gasteiger partial charge < -0.3 is 24.8 Å². The van der Waals surface area contributed by atoms with Crippen LogP contribution in [0.15, 0.2) is 35.3 Å². The van der Waals surface area contributed by atoms with E-state index in [2.05, 4.69) is 5.32 Å². The Hall–Kier alpha value is -3.01. The van der Waals surface area contributed by atoms with Crippen LogP contribution in [0, 0.1) is 11.2 Å². The second-order valence-electron chi connectivity index (χ2n) is 9.68. The minimum absolute atomic E-state index is 0.0256. The Morgan fingerprint density at radius 2 is 2.03 bits per heavy atom. The summed E-state index contributed by atoms with van der Waals surface area (Å²) in [7, 11) is 1.60. The number of pyridine rings is 2. The largest absolute Gasteiger partial charge is 0.477 e. The molecule has 194 valence electrons. The SMILES string of the molecule is COCCCNc1nc2c(cc1Cc1cccc(Cl)c1F)c(=O)c(C(=O)O)cn2[C@H](CO)C(C)(C)C. The molecule has 0 aliphatic rings. The van der Waals surface area contributed by atoms with Gasteiger partial charge in [-0.3, -0.25) is 4.79 Å². The van der Waals surface area contributed by atoms with Gasteiger partial charge in [-0.1, -0.05) is 44.5 Å². The summed E-state index contributed by atoms with van der Waals surface area (Å²) in [5, 5.41) is 23.2. The number of anilines is 1. The van der Waals surface area contributed by atoms with Gasteiger partial charge in [-0.05, 0) is 35.1 Å². The Morgan fingerprint density at radius 3 is 2.64 bits per heavy atom. The van der Waals surface area contributed by atoms with E-state index in [1.165, 1.54) is 12.3 Å². The van der Waals surface area contributed by atoms with E-state index in [1.54, 1.807) is 29.9 Å². The summed E-state index contributed by atoms with van der Waals surface area (Å²) in [4.78, 5) is 29.8. The van der Waals surface area contributed by atoms with Crippen molar-refractivity contribution in [1.82, 2.24) is 9.55 Å². The molecular weight excluding hydrogens is 489 g/mol. The number of halogens is 2. The minimum Gasteiger partial charge on any atom is -0.477 e. The Morgan fingerprint density at radius 1 is 1.31 bits per heavy atom. The zero-order valence-corrected chi connectivity index (χ0v) is 21.5. The number of aromatic carboxylic acids is 1. The molecule has 10 heteroatoms. The number of nitrogens with one attached hydrogen (secondary N) is 1. The number of hydrogen-bond donors (Lipinski definition) is 3. The lowest BCUT2D eigenvalue weighted by molar-refractivity contribution is 0.0692. The van der Waals surface area contributed by atoms with Gasteiger partial charge in [0.1, 0.15) is 22.8 Å². The van der Waals surface area contributed by atoms with Crippen molar-refractivity contribution in [2.45, 2.75) is 39.7 Å². The molecule has 3 aromatic rings. The van der Waals surface area contributed by atoms with Crippen LogP contribution in [0.25, 0.3) is 11.0 Å². The van der Waals surface area contributed by atoms with Crippen molar-refractivity contribution < 1.29 is 24.1 Å². The normalized spacial score (nSPS) is 12.6. The summed E-state index contributed by atoms with van der Waals surface area (Å²) in [6, 6.07) is 5.65. The van der Waals surface area contributed by atoms with E-state index in [0.29, 0.717) is 36.5 Å². The van der Waals surface area contributed by atoms with Gasteiger partial charge >= 0.3 is 5.97 Å². The van der Waals surface area contributed by atoms with Crippen molar-refractivity contribution in [2.24, 2.45) is 5.41 Å². The highest BCUT2D eigenvalue weighted by Gasteiger charge is 2.29. The highest BCUT2D eigenvalue weighted by atomic mass is 35.5. The molecule has 0 amide bonds. The van der Waals surface area contributed by atoms with E-state index < -0.39 is 34.2 Å². The molecular formula is C26H31ClFN3O5. The van der Waals surface area contributed by atoms with Gasteiger partial charge in [0.05, 0.1) is 23.1 Å². The number of aromatic nitrogens is 2. The maximum Gasteiger partial charge on any atom is 0.341 e. The van der Waals surface area contributed by atoms with Crippen LogP contribution < -0.4 is 10.7 Å². The lowest BCUT2D eigenvalue weighted by atomic mass is 9.86. The summed E-state index contributed by atoms with van der Waals surface area (Å²) < 4.78 is 21.4. The van der Waals surface area contributed by atoms with Gasteiger partial charge in [0.15, 0.2) is 0 Å². The molecule has 3 N–H and O–H groups in total. The number of rotatable bonds is 10. The molecule has 0 saturated heterocycles. The first-order valence-electron chi connectivity index (χ1n) is 11.6. The average Bonchev–Trinajstić information content (AvgIpc) is 2.81. The van der Waals surface area contributed by atoms with Crippen LogP contribution in [0.4, 0.5) is 10.2 Å². The molecule has 2 heterocycles. The first-order chi connectivity index (χ1) is 17.0. The summed E-state index contributed by atoms with van der Waals surface area (Å²) in [5.41, 5.74) is -0.588. The summed E-state index contributed by atoms with van der Waals surface area (Å²) in [6.07, 6.45) is 1.98. The minimum atomic E-state index is -1.38. The van der Waals surface area contributed by atoms with E-state index >= 15 is 0 Å². The molecule has 0 spiro atoms. The van der Waals surface area contributed by atoms with Gasteiger partial charge in [0, 0.05) is 32.9 Å². The third-order valence-corrected chi connectivity index (χ3v) is 6.34. The fourth-order valence-electron chi connectivity index (χ4n) is 4.08. The van der Waals surface area contributed by atoms with Crippen LogP contribution in [0.2, 0.25) is 5.02 Å². The van der Waals surface area contributed by atoms with Crippen molar-refractivity contribution in [3.05, 3.63) is 68.2 Å². The number of carboxylic acids is 1. The molecule has 1 aromatic carbocycles. The highest BCUT2D eigenvalue weighted by molar-refractivity contribution is 6.30. The fourth-order valence-corrected chi connectivity index (χ4v) is 4.28. The van der Waals surface area contributed by atoms with Crippen molar-refractivity contribution >= 4 is 34.4 Å². The van der Waals surface area contributed by atoms with E-state index in [-0.39, 0.29) is 29.1 Å². The first-order valence-corrected chi connectivity index (χ1v) is 12.0. The van der Waals surface area contributed by atoms with E-state index in [4.69, 9.17) is 21.3 Å². The van der Waals surface area contributed by atoms with Crippen molar-refractivity contribution in [3.8, 4) is 0 Å². The summed E-state index contributed by atoms with van der Waals surface area (Å²) in [5.74, 6) is -1.54. The van der Waals surface area contributed by atoms with Crippen LogP contribution in [0.3, 0.4) is 0 Å². The zero-order valence-electron chi connectivity index (χ0n) is 20.8. The lowest BCUT2D eigenvalue weighted by Gasteiger charge is -2.32. The Balaban J connectivity index is 2.30. The molecule has 8 nitrogen and oxygen atoms in total. The molecule has 0 aliphatic carbocycles. The topological polar surface area (TPSA) is 114 Å². The molecule has 0 saturated carbocycles. The number of carboxylic acid groups (broad SMARTS) is 1. The number of fused-ring (bicyclic) bond motifs is 1. The highest BCUT2D eigenvalue weighted by Crippen LogP contribution is 2.33. The van der Waals surface area contributed by atoms with Gasteiger partial charge in [-0.15, -0.1) is 0 Å². The molecule has 2 aromatic heterocycles. The summed E-state index contributed by atoms with van der Waals surface area (Å²) in [6.45, 7) is 6.42. The summed E-state index contributed by atoms with van der Waals surface area (Å²) >= 11 is 5.97. The van der Waals surface area contributed by atoms with Crippen LogP contribution >= 0.6 is 11.6 Å². The number of methoxy groups -OCH3 is 1. The molecule has 0 fully saturated rings. The lowest BCUT2D eigenvalue weighted by Crippen LogP contribution is -2.31. The van der Waals surface area contributed by atoms with Crippen LogP contribution in [0.1, 0.15) is 54.7 Å². The van der Waals surface area contributed by atoms with Crippen molar-refractivity contribution in [2.75, 3.05) is 32.2 Å². The number of benzene rings is 1. The third kappa shape index (κ3) is 5.86. The molecule has 0 aliphatic heterocycles. The number of aliphatic hydroxyl groups excluding tert-OH is 1. The maximum absolute atomic E-state index is 14.7. The number of nitrogens with zero attached hydrogens (tertiary/aromatic N) is 2. The quantitative estimate of drug-likeness (QED) is 0.338. The monoisotopic (exact) mass is 519 g/mol. The standard InChI is InChI=1S/C26H31ClFN3O5/c1-26(2,3)20(14-32)31-13-18(25(34)35)22(33)17-12-16(11-15-7-5-8-19(27)21(15)28)23(30-24(17)31)29-9-6-10-36-4/h5,7-8,12-13,20,32H,6,9-11,14H2,1-4H3,(H,29,30)(H,34,35)/t20-/m1/s1. The van der Waals surface area contributed by atoms with Crippen molar-refractivity contribution in [1.29, 1.82) is 0 Å². The maximum atomic E-state index is 14.7. The second kappa shape index (κ2) is 11.4. The smallest absolute Gasteiger partial charge is 0.341 e. The van der Waals surface area contributed by atoms with E-state index in [9.17, 15) is 24.2 Å². The van der Waals surface area contributed by atoms with Crippen LogP contribution in [-0.4, -0.2) is 52.6 Å². The fraction of sp³-hybridized carbons (Fsp3) is 0.423. The van der Waals surface area contributed by atoms with Crippen molar-refractivity contribution in [3.63, 3.8) is 0 Å². The number of aliphatic hydroxyl groups is 1. The van der Waals surface area contributed by atoms with Crippen LogP contribution in [-0.2, 0) is 11.2 Å². The zero-order chi connectivity index (χ0) is 26.6. The van der Waals surface area contributed by atoms with Gasteiger partial charge in [-0.25, -0.2) is 14.2 Å². The second-order valence-corrected chi connectivity index (χ2v) is 10.1. The van der Waals surface area contributed by atoms with E-state index in [0.717, 1.165) is 0 Å². The number of hydrogen-bond acceptors (Lipinski definition) is 6. The predicted octanol–water partition coefficient (Wildman–Crippen LogP) is 4.51. The Bertz CT molecular complexity index is 1320. The average molecular weight is 520 g/mol. The predicted molar refractivity (Wildman–Crippen MR) is 138 cm³/mol. The van der Waals surface area contributed by atoms with Gasteiger partial charge in [-0.2, -0.15) is 0 Å². The Labute approximate surface area is 213 Å².